The molecule has 0 atom stereocenters. The van der Waals surface area contributed by atoms with E-state index in [1.165, 1.54) is 0 Å². The average molecular weight is 286 g/mol. The van der Waals surface area contributed by atoms with Gasteiger partial charge in [0.05, 0.1) is 0 Å². The normalized spacial score (nSPS) is 10.6. The summed E-state index contributed by atoms with van der Waals surface area (Å²) in [5.74, 6) is 0. The molecule has 0 aliphatic carbocycles. The summed E-state index contributed by atoms with van der Waals surface area (Å²) >= 11 is 11.4. The molecular weight excluding hydrogens is 266 g/mol. The van der Waals surface area contributed by atoms with E-state index in [0.717, 1.165) is 29.4 Å². The molecule has 0 bridgehead atoms. The van der Waals surface area contributed by atoms with Crippen LogP contribution in [0.3, 0.4) is 0 Å². The van der Waals surface area contributed by atoms with Gasteiger partial charge in [0.2, 0.25) is 0 Å². The van der Waals surface area contributed by atoms with Crippen molar-refractivity contribution >= 4 is 34.6 Å². The Labute approximate surface area is 120 Å². The Balaban J connectivity index is 2.61. The lowest BCUT2D eigenvalue weighted by Gasteiger charge is -2.23. The van der Waals surface area contributed by atoms with Gasteiger partial charge in [0.15, 0.2) is 5.11 Å². The number of likely N-dealkylation sites (N-methyl/N-ethyl adjacent to an activating group) is 2. The smallest absolute Gasteiger partial charge is 0.173 e. The summed E-state index contributed by atoms with van der Waals surface area (Å²) in [6, 6.07) is 5.77. The quantitative estimate of drug-likeness (QED) is 0.857. The fourth-order valence-corrected chi connectivity index (χ4v) is 1.78. The second-order valence-electron chi connectivity index (χ2n) is 4.57. The van der Waals surface area contributed by atoms with Crippen LogP contribution in [0.1, 0.15) is 5.56 Å². The van der Waals surface area contributed by atoms with Crippen molar-refractivity contribution in [2.45, 2.75) is 6.92 Å². The highest BCUT2D eigenvalue weighted by atomic mass is 35.5. The minimum Gasteiger partial charge on any atom is -0.351 e. The van der Waals surface area contributed by atoms with E-state index in [1.54, 1.807) is 0 Å². The van der Waals surface area contributed by atoms with Crippen LogP contribution in [-0.2, 0) is 0 Å². The van der Waals surface area contributed by atoms with E-state index in [0.29, 0.717) is 5.11 Å². The van der Waals surface area contributed by atoms with Crippen molar-refractivity contribution in [2.24, 2.45) is 0 Å². The average Bonchev–Trinajstić information content (AvgIpc) is 2.31. The molecule has 0 fully saturated rings. The van der Waals surface area contributed by atoms with Crippen molar-refractivity contribution in [1.82, 2.24) is 9.80 Å². The van der Waals surface area contributed by atoms with Crippen LogP contribution in [0.25, 0.3) is 0 Å². The number of thiocarbonyl (C=S) groups is 1. The van der Waals surface area contributed by atoms with Gasteiger partial charge in [0, 0.05) is 30.8 Å². The van der Waals surface area contributed by atoms with Crippen LogP contribution in [0, 0.1) is 6.92 Å². The topological polar surface area (TPSA) is 18.5 Å². The molecule has 0 aliphatic heterocycles. The van der Waals surface area contributed by atoms with Crippen molar-refractivity contribution in [3.05, 3.63) is 28.8 Å². The molecule has 18 heavy (non-hydrogen) atoms. The van der Waals surface area contributed by atoms with Crippen LogP contribution >= 0.6 is 23.8 Å². The first-order valence-corrected chi connectivity index (χ1v) is 6.62. The Bertz CT molecular complexity index is 421. The first-order chi connectivity index (χ1) is 8.41. The third-order valence-electron chi connectivity index (χ3n) is 2.74. The molecule has 0 radical (unpaired) electrons. The van der Waals surface area contributed by atoms with Crippen LogP contribution in [0.2, 0.25) is 5.02 Å². The first-order valence-electron chi connectivity index (χ1n) is 5.83. The molecule has 0 aliphatic rings. The van der Waals surface area contributed by atoms with Crippen molar-refractivity contribution in [2.75, 3.05) is 39.5 Å². The molecule has 1 rings (SSSR count). The van der Waals surface area contributed by atoms with E-state index in [4.69, 9.17) is 23.8 Å². The zero-order valence-electron chi connectivity index (χ0n) is 11.3. The molecule has 0 spiro atoms. The standard InChI is InChI=1S/C13H20ClN3S/c1-10-11(14)6-5-7-12(10)15-13(18)17(4)9-8-16(2)3/h5-7H,8-9H2,1-4H3,(H,15,18). The van der Waals surface area contributed by atoms with E-state index in [1.807, 2.05) is 51.2 Å². The number of halogens is 1. The van der Waals surface area contributed by atoms with Gasteiger partial charge in [-0.2, -0.15) is 0 Å². The molecule has 0 amide bonds. The molecular formula is C13H20ClN3S. The van der Waals surface area contributed by atoms with E-state index >= 15 is 0 Å². The Morgan fingerprint density at radius 1 is 1.28 bits per heavy atom. The van der Waals surface area contributed by atoms with E-state index in [-0.39, 0.29) is 0 Å². The van der Waals surface area contributed by atoms with Gasteiger partial charge in [-0.05, 0) is 50.9 Å². The molecule has 0 saturated carbocycles. The molecule has 5 heteroatoms. The van der Waals surface area contributed by atoms with Gasteiger partial charge in [0.1, 0.15) is 0 Å². The van der Waals surface area contributed by atoms with Gasteiger partial charge in [0.25, 0.3) is 0 Å². The predicted molar refractivity (Wildman–Crippen MR) is 83.6 cm³/mol. The van der Waals surface area contributed by atoms with E-state index in [9.17, 15) is 0 Å². The van der Waals surface area contributed by atoms with Gasteiger partial charge < -0.3 is 15.1 Å². The van der Waals surface area contributed by atoms with E-state index < -0.39 is 0 Å². The molecule has 1 aromatic rings. The second-order valence-corrected chi connectivity index (χ2v) is 5.36. The fraction of sp³-hybridized carbons (Fsp3) is 0.462. The fourth-order valence-electron chi connectivity index (χ4n) is 1.41. The van der Waals surface area contributed by atoms with Crippen LogP contribution in [0.15, 0.2) is 18.2 Å². The molecule has 100 valence electrons. The van der Waals surface area contributed by atoms with Gasteiger partial charge in [-0.1, -0.05) is 17.7 Å². The number of nitrogens with zero attached hydrogens (tertiary/aromatic N) is 2. The summed E-state index contributed by atoms with van der Waals surface area (Å²) in [5, 5.41) is 4.69. The van der Waals surface area contributed by atoms with Crippen LogP contribution < -0.4 is 5.32 Å². The van der Waals surface area contributed by atoms with Crippen molar-refractivity contribution in [1.29, 1.82) is 0 Å². The summed E-state index contributed by atoms with van der Waals surface area (Å²) in [7, 11) is 6.08. The number of benzene rings is 1. The monoisotopic (exact) mass is 285 g/mol. The minimum atomic E-state index is 0.710. The highest BCUT2D eigenvalue weighted by Gasteiger charge is 2.07. The van der Waals surface area contributed by atoms with Gasteiger partial charge in [-0.15, -0.1) is 0 Å². The Morgan fingerprint density at radius 2 is 1.94 bits per heavy atom. The van der Waals surface area contributed by atoms with Crippen molar-refractivity contribution < 1.29 is 0 Å². The van der Waals surface area contributed by atoms with Crippen molar-refractivity contribution in [3.8, 4) is 0 Å². The third kappa shape index (κ3) is 4.44. The zero-order valence-corrected chi connectivity index (χ0v) is 12.9. The second kappa shape index (κ2) is 6.92. The third-order valence-corrected chi connectivity index (χ3v) is 3.56. The Morgan fingerprint density at radius 3 is 2.56 bits per heavy atom. The minimum absolute atomic E-state index is 0.710. The summed E-state index contributed by atoms with van der Waals surface area (Å²) < 4.78 is 0. The number of hydrogen-bond acceptors (Lipinski definition) is 2. The maximum Gasteiger partial charge on any atom is 0.173 e. The number of hydrogen-bond donors (Lipinski definition) is 1. The maximum atomic E-state index is 6.08. The van der Waals surface area contributed by atoms with Gasteiger partial charge in [-0.3, -0.25) is 0 Å². The Kier molecular flexibility index (Phi) is 5.85. The highest BCUT2D eigenvalue weighted by Crippen LogP contribution is 2.23. The zero-order chi connectivity index (χ0) is 13.7. The van der Waals surface area contributed by atoms with E-state index in [2.05, 4.69) is 10.2 Å². The number of nitrogens with one attached hydrogen (secondary N) is 1. The van der Waals surface area contributed by atoms with Crippen LogP contribution in [0.5, 0.6) is 0 Å². The molecule has 3 nitrogen and oxygen atoms in total. The first kappa shape index (κ1) is 15.2. The number of anilines is 1. The van der Waals surface area contributed by atoms with Crippen LogP contribution in [0.4, 0.5) is 5.69 Å². The molecule has 1 N–H and O–H groups in total. The lowest BCUT2D eigenvalue weighted by Crippen LogP contribution is -2.36. The Hall–Kier alpha value is -0.840. The summed E-state index contributed by atoms with van der Waals surface area (Å²) in [4.78, 5) is 4.15. The maximum absolute atomic E-state index is 6.08. The molecule has 0 saturated heterocycles. The lowest BCUT2D eigenvalue weighted by molar-refractivity contribution is 0.359. The molecule has 0 unspecified atom stereocenters. The molecule has 0 heterocycles. The van der Waals surface area contributed by atoms with Gasteiger partial charge >= 0.3 is 0 Å². The molecule has 0 aromatic heterocycles. The van der Waals surface area contributed by atoms with Crippen LogP contribution in [-0.4, -0.2) is 49.1 Å². The largest absolute Gasteiger partial charge is 0.351 e. The molecule has 1 aromatic carbocycles. The summed E-state index contributed by atoms with van der Waals surface area (Å²) in [6.45, 7) is 3.83. The summed E-state index contributed by atoms with van der Waals surface area (Å²) in [5.41, 5.74) is 1.98. The van der Waals surface area contributed by atoms with Gasteiger partial charge in [-0.25, -0.2) is 0 Å². The number of rotatable bonds is 4. The summed E-state index contributed by atoms with van der Waals surface area (Å²) in [6.07, 6.45) is 0. The SMILES string of the molecule is Cc1c(Cl)cccc1NC(=S)N(C)CCN(C)C. The lowest BCUT2D eigenvalue weighted by atomic mass is 10.2. The van der Waals surface area contributed by atoms with Crippen molar-refractivity contribution in [3.63, 3.8) is 0 Å². The predicted octanol–water partition coefficient (Wildman–Crippen LogP) is 2.84. The highest BCUT2D eigenvalue weighted by molar-refractivity contribution is 7.80.